The van der Waals surface area contributed by atoms with Crippen LogP contribution in [0.5, 0.6) is 5.75 Å². The number of aldehydes is 1. The van der Waals surface area contributed by atoms with Gasteiger partial charge in [0.2, 0.25) is 0 Å². The van der Waals surface area contributed by atoms with Crippen LogP contribution in [0.3, 0.4) is 0 Å². The summed E-state index contributed by atoms with van der Waals surface area (Å²) in [7, 11) is 0. The van der Waals surface area contributed by atoms with Crippen LogP contribution >= 0.6 is 0 Å². The number of aromatic hydroxyl groups is 1. The summed E-state index contributed by atoms with van der Waals surface area (Å²) < 4.78 is 0. The van der Waals surface area contributed by atoms with E-state index < -0.39 is 0 Å². The Hall–Kier alpha value is -1.35. The highest BCUT2D eigenvalue weighted by Gasteiger charge is 2.35. The van der Waals surface area contributed by atoms with E-state index in [0.717, 1.165) is 17.4 Å². The van der Waals surface area contributed by atoms with E-state index in [9.17, 15) is 9.90 Å². The standard InChI is InChI=1S/C11H13NO2/c1-11(2)9-5-7(14)3-4-8(9)10(6-13)12-11/h3-6,10,12,14H,1-2H3. The molecule has 1 atom stereocenters. The van der Waals surface area contributed by atoms with Gasteiger partial charge in [-0.25, -0.2) is 0 Å². The number of nitrogens with one attached hydrogen (secondary N) is 1. The number of hydrogen-bond donors (Lipinski definition) is 2. The van der Waals surface area contributed by atoms with Gasteiger partial charge in [-0.2, -0.15) is 0 Å². The highest BCUT2D eigenvalue weighted by atomic mass is 16.3. The number of phenols is 1. The molecule has 74 valence electrons. The molecule has 2 N–H and O–H groups in total. The summed E-state index contributed by atoms with van der Waals surface area (Å²) in [4.78, 5) is 10.8. The van der Waals surface area contributed by atoms with E-state index in [1.807, 2.05) is 13.8 Å². The van der Waals surface area contributed by atoms with Gasteiger partial charge in [-0.3, -0.25) is 5.32 Å². The van der Waals surface area contributed by atoms with Gasteiger partial charge in [0.1, 0.15) is 12.0 Å². The third-order valence-corrected chi connectivity index (χ3v) is 2.70. The molecular formula is C11H13NO2. The maximum Gasteiger partial charge on any atom is 0.141 e. The van der Waals surface area contributed by atoms with Gasteiger partial charge in [0, 0.05) is 5.54 Å². The Labute approximate surface area is 82.8 Å². The maximum atomic E-state index is 10.8. The molecule has 1 aliphatic heterocycles. The first-order valence-corrected chi connectivity index (χ1v) is 4.61. The fourth-order valence-corrected chi connectivity index (χ4v) is 2.01. The Kier molecular flexibility index (Phi) is 1.86. The number of rotatable bonds is 1. The molecule has 1 aliphatic rings. The zero-order valence-electron chi connectivity index (χ0n) is 8.24. The largest absolute Gasteiger partial charge is 0.508 e. The summed E-state index contributed by atoms with van der Waals surface area (Å²) >= 11 is 0. The molecule has 0 amide bonds. The number of benzene rings is 1. The van der Waals surface area contributed by atoms with Crippen molar-refractivity contribution >= 4 is 6.29 Å². The second-order valence-corrected chi connectivity index (χ2v) is 4.15. The van der Waals surface area contributed by atoms with Crippen molar-refractivity contribution in [3.8, 4) is 5.75 Å². The summed E-state index contributed by atoms with van der Waals surface area (Å²) in [6, 6.07) is 4.87. The quantitative estimate of drug-likeness (QED) is 0.661. The van der Waals surface area contributed by atoms with E-state index in [4.69, 9.17) is 0 Å². The molecule has 1 heterocycles. The number of carbonyl (C=O) groups is 1. The van der Waals surface area contributed by atoms with Crippen LogP contribution < -0.4 is 5.32 Å². The minimum absolute atomic E-state index is 0.241. The molecule has 0 saturated heterocycles. The van der Waals surface area contributed by atoms with Crippen LogP contribution in [0.25, 0.3) is 0 Å². The van der Waals surface area contributed by atoms with Gasteiger partial charge >= 0.3 is 0 Å². The predicted molar refractivity (Wildman–Crippen MR) is 53.1 cm³/mol. The fraction of sp³-hybridized carbons (Fsp3) is 0.364. The molecular weight excluding hydrogens is 178 g/mol. The van der Waals surface area contributed by atoms with Crippen LogP contribution in [0.1, 0.15) is 31.0 Å². The van der Waals surface area contributed by atoms with Crippen LogP contribution in [0.2, 0.25) is 0 Å². The average Bonchev–Trinajstić information content (AvgIpc) is 2.38. The van der Waals surface area contributed by atoms with Gasteiger partial charge in [-0.15, -0.1) is 0 Å². The summed E-state index contributed by atoms with van der Waals surface area (Å²) in [6.45, 7) is 3.99. The fourth-order valence-electron chi connectivity index (χ4n) is 2.01. The lowest BCUT2D eigenvalue weighted by Crippen LogP contribution is -2.32. The monoisotopic (exact) mass is 191 g/mol. The smallest absolute Gasteiger partial charge is 0.141 e. The first-order valence-electron chi connectivity index (χ1n) is 4.61. The number of hydrogen-bond acceptors (Lipinski definition) is 3. The molecule has 3 nitrogen and oxygen atoms in total. The van der Waals surface area contributed by atoms with Crippen LogP contribution in [0.15, 0.2) is 18.2 Å². The molecule has 0 fully saturated rings. The molecule has 1 aromatic rings. The second-order valence-electron chi connectivity index (χ2n) is 4.15. The Morgan fingerprint density at radius 1 is 1.50 bits per heavy atom. The van der Waals surface area contributed by atoms with Gasteiger partial charge in [0.25, 0.3) is 0 Å². The highest BCUT2D eigenvalue weighted by molar-refractivity contribution is 5.66. The Morgan fingerprint density at radius 2 is 2.21 bits per heavy atom. The molecule has 1 unspecified atom stereocenters. The lowest BCUT2D eigenvalue weighted by Gasteiger charge is -2.20. The minimum Gasteiger partial charge on any atom is -0.508 e. The first kappa shape index (κ1) is 9.21. The van der Waals surface area contributed by atoms with E-state index in [1.54, 1.807) is 18.2 Å². The summed E-state index contributed by atoms with van der Waals surface area (Å²) in [6.07, 6.45) is 0.893. The molecule has 0 saturated carbocycles. The van der Waals surface area contributed by atoms with E-state index >= 15 is 0 Å². The zero-order valence-corrected chi connectivity index (χ0v) is 8.24. The zero-order chi connectivity index (χ0) is 10.3. The number of fused-ring (bicyclic) bond motifs is 1. The van der Waals surface area contributed by atoms with Crippen LogP contribution in [0, 0.1) is 0 Å². The molecule has 14 heavy (non-hydrogen) atoms. The van der Waals surface area contributed by atoms with Crippen molar-refractivity contribution in [2.75, 3.05) is 0 Å². The van der Waals surface area contributed by atoms with Crippen molar-refractivity contribution in [1.82, 2.24) is 5.32 Å². The van der Waals surface area contributed by atoms with Gasteiger partial charge in [-0.1, -0.05) is 6.07 Å². The van der Waals surface area contributed by atoms with E-state index in [-0.39, 0.29) is 17.3 Å². The molecule has 2 rings (SSSR count). The Balaban J connectivity index is 2.59. The molecule has 0 spiro atoms. The van der Waals surface area contributed by atoms with Crippen molar-refractivity contribution in [1.29, 1.82) is 0 Å². The average molecular weight is 191 g/mol. The van der Waals surface area contributed by atoms with Crippen molar-refractivity contribution in [3.05, 3.63) is 29.3 Å². The van der Waals surface area contributed by atoms with Gasteiger partial charge in [0.05, 0.1) is 6.04 Å². The second kappa shape index (κ2) is 2.82. The van der Waals surface area contributed by atoms with Crippen LogP contribution in [0.4, 0.5) is 0 Å². The van der Waals surface area contributed by atoms with Gasteiger partial charge in [-0.05, 0) is 37.1 Å². The third-order valence-electron chi connectivity index (χ3n) is 2.70. The minimum atomic E-state index is -0.250. The Bertz CT molecular complexity index is 385. The molecule has 0 aromatic heterocycles. The van der Waals surface area contributed by atoms with Gasteiger partial charge in [0.15, 0.2) is 0 Å². The van der Waals surface area contributed by atoms with Crippen molar-refractivity contribution in [3.63, 3.8) is 0 Å². The summed E-state index contributed by atoms with van der Waals surface area (Å²) in [5.74, 6) is 0.241. The number of carbonyl (C=O) groups excluding carboxylic acids is 1. The topological polar surface area (TPSA) is 49.3 Å². The first-order chi connectivity index (χ1) is 6.54. The van der Waals surface area contributed by atoms with E-state index in [0.29, 0.717) is 0 Å². The molecule has 0 radical (unpaired) electrons. The maximum absolute atomic E-state index is 10.8. The lowest BCUT2D eigenvalue weighted by molar-refractivity contribution is -0.109. The number of phenolic OH excluding ortho intramolecular Hbond substituents is 1. The summed E-state index contributed by atoms with van der Waals surface area (Å²) in [5, 5.41) is 12.6. The Morgan fingerprint density at radius 3 is 2.86 bits per heavy atom. The normalized spacial score (nSPS) is 23.1. The van der Waals surface area contributed by atoms with Crippen molar-refractivity contribution in [2.24, 2.45) is 0 Å². The van der Waals surface area contributed by atoms with Crippen molar-refractivity contribution < 1.29 is 9.90 Å². The van der Waals surface area contributed by atoms with Crippen LogP contribution in [-0.4, -0.2) is 11.4 Å². The van der Waals surface area contributed by atoms with Crippen molar-refractivity contribution in [2.45, 2.75) is 25.4 Å². The summed E-state index contributed by atoms with van der Waals surface area (Å²) in [5.41, 5.74) is 1.71. The van der Waals surface area contributed by atoms with E-state index in [1.165, 1.54) is 0 Å². The van der Waals surface area contributed by atoms with Crippen LogP contribution in [-0.2, 0) is 10.3 Å². The van der Waals surface area contributed by atoms with Gasteiger partial charge < -0.3 is 9.90 Å². The third kappa shape index (κ3) is 1.21. The van der Waals surface area contributed by atoms with E-state index in [2.05, 4.69) is 5.32 Å². The molecule has 1 aromatic carbocycles. The highest BCUT2D eigenvalue weighted by Crippen LogP contribution is 2.37. The lowest BCUT2D eigenvalue weighted by atomic mass is 9.94. The molecule has 0 aliphatic carbocycles. The molecule has 3 heteroatoms. The SMILES string of the molecule is CC1(C)NC(C=O)c2ccc(O)cc21. The predicted octanol–water partition coefficient (Wildman–Crippen LogP) is 1.47. The molecule has 0 bridgehead atoms.